The van der Waals surface area contributed by atoms with Crippen molar-refractivity contribution in [3.05, 3.63) is 0 Å². The first-order valence-electron chi connectivity index (χ1n) is 6.03. The van der Waals surface area contributed by atoms with Crippen molar-refractivity contribution in [2.24, 2.45) is 0 Å². The van der Waals surface area contributed by atoms with Crippen LogP contribution in [0.5, 0.6) is 0 Å². The number of rotatable bonds is 8. The van der Waals surface area contributed by atoms with Crippen LogP contribution in [0.1, 0.15) is 47.0 Å². The zero-order valence-electron chi connectivity index (χ0n) is 10.6. The Kier molecular flexibility index (Phi) is 8.38. The maximum Gasteiger partial charge on any atom is 0.302 e. The molecule has 3 nitrogen and oxygen atoms in total. The lowest BCUT2D eigenvalue weighted by molar-refractivity contribution is -0.147. The predicted octanol–water partition coefficient (Wildman–Crippen LogP) is 2.45. The fraction of sp³-hybridized carbons (Fsp3) is 0.917. The second-order valence-corrected chi connectivity index (χ2v) is 3.86. The number of esters is 1. The summed E-state index contributed by atoms with van der Waals surface area (Å²) in [5, 5.41) is 0. The lowest BCUT2D eigenvalue weighted by Gasteiger charge is -2.24. The van der Waals surface area contributed by atoms with Gasteiger partial charge in [-0.2, -0.15) is 0 Å². The first-order chi connectivity index (χ1) is 7.13. The van der Waals surface area contributed by atoms with Crippen molar-refractivity contribution in [2.45, 2.75) is 53.1 Å². The van der Waals surface area contributed by atoms with Gasteiger partial charge in [0.2, 0.25) is 0 Å². The molecule has 0 rings (SSSR count). The van der Waals surface area contributed by atoms with Gasteiger partial charge in [0.1, 0.15) is 6.10 Å². The molecule has 0 aromatic carbocycles. The second kappa shape index (κ2) is 8.72. The minimum atomic E-state index is -0.164. The normalized spacial score (nSPS) is 12.9. The summed E-state index contributed by atoms with van der Waals surface area (Å²) < 4.78 is 5.31. The van der Waals surface area contributed by atoms with Gasteiger partial charge in [-0.15, -0.1) is 0 Å². The standard InChI is InChI=1S/C12H25NO2/c1-5-8-9-12(15-11(4)14)10-13(6-2)7-3/h12H,5-10H2,1-4H3. The fourth-order valence-corrected chi connectivity index (χ4v) is 1.62. The Morgan fingerprint density at radius 1 is 1.27 bits per heavy atom. The van der Waals surface area contributed by atoms with Crippen LogP contribution in [0.15, 0.2) is 0 Å². The SMILES string of the molecule is CCCCC(CN(CC)CC)OC(C)=O. The van der Waals surface area contributed by atoms with Gasteiger partial charge in [-0.25, -0.2) is 0 Å². The second-order valence-electron chi connectivity index (χ2n) is 3.86. The van der Waals surface area contributed by atoms with Gasteiger partial charge in [0, 0.05) is 13.5 Å². The third kappa shape index (κ3) is 7.37. The van der Waals surface area contributed by atoms with Gasteiger partial charge in [-0.1, -0.05) is 27.2 Å². The average molecular weight is 215 g/mol. The number of likely N-dealkylation sites (N-methyl/N-ethyl adjacent to an activating group) is 1. The number of carbonyl (C=O) groups excluding carboxylic acids is 1. The maximum atomic E-state index is 10.9. The van der Waals surface area contributed by atoms with E-state index in [-0.39, 0.29) is 12.1 Å². The highest BCUT2D eigenvalue weighted by atomic mass is 16.5. The fourth-order valence-electron chi connectivity index (χ4n) is 1.62. The van der Waals surface area contributed by atoms with Crippen LogP contribution in [0.2, 0.25) is 0 Å². The van der Waals surface area contributed by atoms with E-state index < -0.39 is 0 Å². The molecule has 0 aromatic rings. The van der Waals surface area contributed by atoms with Gasteiger partial charge in [0.15, 0.2) is 0 Å². The van der Waals surface area contributed by atoms with E-state index in [4.69, 9.17) is 4.74 Å². The van der Waals surface area contributed by atoms with Crippen molar-refractivity contribution >= 4 is 5.97 Å². The lowest BCUT2D eigenvalue weighted by atomic mass is 10.1. The summed E-state index contributed by atoms with van der Waals surface area (Å²) in [4.78, 5) is 13.2. The summed E-state index contributed by atoms with van der Waals surface area (Å²) >= 11 is 0. The van der Waals surface area contributed by atoms with E-state index >= 15 is 0 Å². The van der Waals surface area contributed by atoms with Crippen LogP contribution in [0.25, 0.3) is 0 Å². The topological polar surface area (TPSA) is 29.5 Å². The van der Waals surface area contributed by atoms with Crippen molar-refractivity contribution in [3.8, 4) is 0 Å². The number of ether oxygens (including phenoxy) is 1. The molecule has 0 aliphatic heterocycles. The van der Waals surface area contributed by atoms with E-state index in [2.05, 4.69) is 25.7 Å². The van der Waals surface area contributed by atoms with E-state index in [0.717, 1.165) is 38.9 Å². The van der Waals surface area contributed by atoms with Gasteiger partial charge >= 0.3 is 5.97 Å². The molecule has 1 atom stereocenters. The molecule has 0 aromatic heterocycles. The third-order valence-electron chi connectivity index (χ3n) is 2.57. The molecule has 0 fully saturated rings. The molecule has 90 valence electrons. The number of nitrogens with zero attached hydrogens (tertiary/aromatic N) is 1. The molecular weight excluding hydrogens is 190 g/mol. The molecular formula is C12H25NO2. The molecule has 1 unspecified atom stereocenters. The number of hydrogen-bond acceptors (Lipinski definition) is 3. The van der Waals surface area contributed by atoms with Crippen LogP contribution in [0, 0.1) is 0 Å². The van der Waals surface area contributed by atoms with Gasteiger partial charge < -0.3 is 9.64 Å². The Balaban J connectivity index is 4.03. The van der Waals surface area contributed by atoms with Crippen molar-refractivity contribution in [3.63, 3.8) is 0 Å². The molecule has 0 spiro atoms. The Morgan fingerprint density at radius 2 is 1.87 bits per heavy atom. The highest BCUT2D eigenvalue weighted by molar-refractivity contribution is 5.66. The summed E-state index contributed by atoms with van der Waals surface area (Å²) in [6.45, 7) is 10.8. The smallest absolute Gasteiger partial charge is 0.302 e. The number of unbranched alkanes of at least 4 members (excludes halogenated alkanes) is 1. The minimum absolute atomic E-state index is 0.0716. The monoisotopic (exact) mass is 215 g/mol. The zero-order chi connectivity index (χ0) is 11.7. The maximum absolute atomic E-state index is 10.9. The van der Waals surface area contributed by atoms with E-state index in [1.54, 1.807) is 0 Å². The highest BCUT2D eigenvalue weighted by Gasteiger charge is 2.14. The molecule has 0 N–H and O–H groups in total. The van der Waals surface area contributed by atoms with Crippen molar-refractivity contribution < 1.29 is 9.53 Å². The van der Waals surface area contributed by atoms with E-state index in [1.807, 2.05) is 0 Å². The summed E-state index contributed by atoms with van der Waals surface area (Å²) in [6.07, 6.45) is 3.32. The van der Waals surface area contributed by atoms with Crippen molar-refractivity contribution in [2.75, 3.05) is 19.6 Å². The molecule has 0 aliphatic rings. The van der Waals surface area contributed by atoms with E-state index in [9.17, 15) is 4.79 Å². The molecule has 0 saturated heterocycles. The highest BCUT2D eigenvalue weighted by Crippen LogP contribution is 2.07. The molecule has 0 heterocycles. The summed E-state index contributed by atoms with van der Waals surface area (Å²) in [7, 11) is 0. The summed E-state index contributed by atoms with van der Waals surface area (Å²) in [5.41, 5.74) is 0. The number of carbonyl (C=O) groups is 1. The Labute approximate surface area is 93.8 Å². The minimum Gasteiger partial charge on any atom is -0.461 e. The van der Waals surface area contributed by atoms with Crippen LogP contribution >= 0.6 is 0 Å². The molecule has 3 heteroatoms. The molecule has 0 saturated carbocycles. The Hall–Kier alpha value is -0.570. The quantitative estimate of drug-likeness (QED) is 0.582. The van der Waals surface area contributed by atoms with Crippen molar-refractivity contribution in [1.82, 2.24) is 4.90 Å². The van der Waals surface area contributed by atoms with Crippen LogP contribution in [0.3, 0.4) is 0 Å². The van der Waals surface area contributed by atoms with Gasteiger partial charge in [0.25, 0.3) is 0 Å². The first-order valence-corrected chi connectivity index (χ1v) is 6.03. The van der Waals surface area contributed by atoms with Crippen molar-refractivity contribution in [1.29, 1.82) is 0 Å². The molecule has 0 amide bonds. The third-order valence-corrected chi connectivity index (χ3v) is 2.57. The van der Waals surface area contributed by atoms with Crippen LogP contribution in [-0.2, 0) is 9.53 Å². The van der Waals surface area contributed by atoms with E-state index in [1.165, 1.54) is 6.92 Å². The van der Waals surface area contributed by atoms with Gasteiger partial charge in [-0.05, 0) is 25.9 Å². The molecule has 0 radical (unpaired) electrons. The molecule has 0 aliphatic carbocycles. The largest absolute Gasteiger partial charge is 0.461 e. The molecule has 0 bridgehead atoms. The van der Waals surface area contributed by atoms with Crippen LogP contribution in [-0.4, -0.2) is 36.6 Å². The Bertz CT molecular complexity index is 167. The first kappa shape index (κ1) is 14.4. The van der Waals surface area contributed by atoms with Crippen LogP contribution in [0.4, 0.5) is 0 Å². The van der Waals surface area contributed by atoms with Crippen LogP contribution < -0.4 is 0 Å². The zero-order valence-corrected chi connectivity index (χ0v) is 10.6. The van der Waals surface area contributed by atoms with Gasteiger partial charge in [0.05, 0.1) is 0 Å². The Morgan fingerprint density at radius 3 is 2.27 bits per heavy atom. The van der Waals surface area contributed by atoms with E-state index in [0.29, 0.717) is 0 Å². The predicted molar refractivity (Wildman–Crippen MR) is 62.9 cm³/mol. The summed E-state index contributed by atoms with van der Waals surface area (Å²) in [5.74, 6) is -0.164. The number of hydrogen-bond donors (Lipinski definition) is 0. The summed E-state index contributed by atoms with van der Waals surface area (Å²) in [6, 6.07) is 0. The lowest BCUT2D eigenvalue weighted by Crippen LogP contribution is -2.34. The van der Waals surface area contributed by atoms with Gasteiger partial charge in [-0.3, -0.25) is 4.79 Å². The molecule has 15 heavy (non-hydrogen) atoms. The average Bonchev–Trinajstić information content (AvgIpc) is 2.21.